The lowest BCUT2D eigenvalue weighted by molar-refractivity contribution is -0.135. The first-order chi connectivity index (χ1) is 12.5. The first kappa shape index (κ1) is 19.6. The van der Waals surface area contributed by atoms with E-state index in [1.165, 1.54) is 19.2 Å². The van der Waals surface area contributed by atoms with Crippen LogP contribution in [0.3, 0.4) is 0 Å². The smallest absolute Gasteiger partial charge is 0.341 e. The highest BCUT2D eigenvalue weighted by atomic mass is 32.2. The third-order valence-corrected chi connectivity index (χ3v) is 6.10. The number of benzene rings is 1. The molecule has 0 amide bonds. The highest BCUT2D eigenvalue weighted by molar-refractivity contribution is 8.04. The van der Waals surface area contributed by atoms with Crippen molar-refractivity contribution in [2.75, 3.05) is 13.4 Å². The number of allylic oxidation sites excluding steroid dienone is 4. The number of nitriles is 1. The summed E-state index contributed by atoms with van der Waals surface area (Å²) in [6.45, 7) is 0. The van der Waals surface area contributed by atoms with Crippen LogP contribution in [0.2, 0.25) is 0 Å². The summed E-state index contributed by atoms with van der Waals surface area (Å²) in [6.07, 6.45) is 8.19. The number of dihydropyridines is 1. The van der Waals surface area contributed by atoms with Crippen LogP contribution in [0.25, 0.3) is 0 Å². The molecular formula is C18H16N2O4S2. The molecule has 0 aliphatic carbocycles. The molecule has 2 rings (SSSR count). The zero-order valence-corrected chi connectivity index (χ0v) is 15.7. The Kier molecular flexibility index (Phi) is 6.44. The Labute approximate surface area is 156 Å². The lowest BCUT2D eigenvalue weighted by atomic mass is 10.1. The topological polar surface area (TPSA) is 96.3 Å². The van der Waals surface area contributed by atoms with E-state index < -0.39 is 20.7 Å². The molecule has 0 unspecified atom stereocenters. The molecule has 8 heteroatoms. The molecule has 0 bridgehead atoms. The maximum atomic E-state index is 12.9. The predicted molar refractivity (Wildman–Crippen MR) is 100 cm³/mol. The minimum atomic E-state index is -4.10. The minimum Gasteiger partial charge on any atom is -0.465 e. The van der Waals surface area contributed by atoms with Gasteiger partial charge in [-0.15, -0.1) is 11.8 Å². The number of ether oxygens (including phenoxy) is 1. The van der Waals surface area contributed by atoms with Crippen molar-refractivity contribution in [1.82, 2.24) is 5.32 Å². The zero-order chi connectivity index (χ0) is 19.2. The Morgan fingerprint density at radius 1 is 1.23 bits per heavy atom. The average molecular weight is 388 g/mol. The van der Waals surface area contributed by atoms with Crippen molar-refractivity contribution in [3.63, 3.8) is 0 Å². The monoisotopic (exact) mass is 388 g/mol. The Hall–Kier alpha value is -2.76. The summed E-state index contributed by atoms with van der Waals surface area (Å²) in [6, 6.07) is 9.36. The van der Waals surface area contributed by atoms with E-state index in [2.05, 4.69) is 5.32 Å². The van der Waals surface area contributed by atoms with Crippen LogP contribution in [0.15, 0.2) is 80.7 Å². The van der Waals surface area contributed by atoms with Gasteiger partial charge in [0.15, 0.2) is 4.91 Å². The number of hydrogen-bond acceptors (Lipinski definition) is 7. The molecule has 1 aliphatic heterocycles. The lowest BCUT2D eigenvalue weighted by Gasteiger charge is -2.16. The standard InChI is InChI=1S/C18H16N2O4S2/c1-24-18(21)16(14-10-6-7-11-20-14)17(25-2)15(12-19)26(22,23)13-8-4-3-5-9-13/h3-11,20H,1-2H3/b16-14-,17-15-. The van der Waals surface area contributed by atoms with E-state index in [-0.39, 0.29) is 15.4 Å². The van der Waals surface area contributed by atoms with Gasteiger partial charge in [0.25, 0.3) is 0 Å². The Morgan fingerprint density at radius 3 is 2.42 bits per heavy atom. The molecule has 0 spiro atoms. The van der Waals surface area contributed by atoms with Crippen LogP contribution < -0.4 is 5.32 Å². The van der Waals surface area contributed by atoms with Crippen LogP contribution in [0.4, 0.5) is 0 Å². The predicted octanol–water partition coefficient (Wildman–Crippen LogP) is 2.66. The number of sulfone groups is 1. The quantitative estimate of drug-likeness (QED) is 0.470. The number of carbonyl (C=O) groups excluding carboxylic acids is 1. The number of esters is 1. The zero-order valence-electron chi connectivity index (χ0n) is 14.1. The van der Waals surface area contributed by atoms with E-state index in [1.807, 2.05) is 0 Å². The Balaban J connectivity index is 2.79. The van der Waals surface area contributed by atoms with Crippen molar-refractivity contribution in [2.45, 2.75) is 4.90 Å². The van der Waals surface area contributed by atoms with Gasteiger partial charge in [0.05, 0.1) is 28.2 Å². The van der Waals surface area contributed by atoms with Gasteiger partial charge in [-0.25, -0.2) is 13.2 Å². The summed E-state index contributed by atoms with van der Waals surface area (Å²) in [5.74, 6) is -0.743. The molecule has 0 atom stereocenters. The maximum absolute atomic E-state index is 12.9. The Bertz CT molecular complexity index is 966. The third-order valence-electron chi connectivity index (χ3n) is 3.43. The molecule has 1 N–H and O–H groups in total. The normalized spacial score (nSPS) is 16.2. The first-order valence-corrected chi connectivity index (χ1v) is 10.1. The van der Waals surface area contributed by atoms with Crippen molar-refractivity contribution >= 4 is 27.6 Å². The molecule has 1 aromatic carbocycles. The summed E-state index contributed by atoms with van der Waals surface area (Å²) in [5.41, 5.74) is 0.330. The van der Waals surface area contributed by atoms with E-state index in [4.69, 9.17) is 4.74 Å². The van der Waals surface area contributed by atoms with Crippen LogP contribution in [-0.2, 0) is 19.4 Å². The third kappa shape index (κ3) is 3.90. The van der Waals surface area contributed by atoms with Crippen molar-refractivity contribution in [2.24, 2.45) is 0 Å². The summed E-state index contributed by atoms with van der Waals surface area (Å²) in [5, 5.41) is 12.5. The van der Waals surface area contributed by atoms with Crippen molar-refractivity contribution in [3.8, 4) is 6.07 Å². The fourth-order valence-corrected chi connectivity index (χ4v) is 4.66. The van der Waals surface area contributed by atoms with Crippen LogP contribution in [0, 0.1) is 11.3 Å². The van der Waals surface area contributed by atoms with Crippen LogP contribution in [0.1, 0.15) is 0 Å². The summed E-state index contributed by atoms with van der Waals surface area (Å²) >= 11 is 0.991. The molecule has 134 valence electrons. The lowest BCUT2D eigenvalue weighted by Crippen LogP contribution is -2.18. The van der Waals surface area contributed by atoms with Gasteiger partial charge in [-0.2, -0.15) is 5.26 Å². The van der Waals surface area contributed by atoms with Crippen LogP contribution in [-0.4, -0.2) is 27.8 Å². The Morgan fingerprint density at radius 2 is 1.92 bits per heavy atom. The van der Waals surface area contributed by atoms with Crippen LogP contribution in [0.5, 0.6) is 0 Å². The average Bonchev–Trinajstić information content (AvgIpc) is 2.68. The first-order valence-electron chi connectivity index (χ1n) is 7.38. The number of hydrogen-bond donors (Lipinski definition) is 1. The van der Waals surface area contributed by atoms with E-state index in [0.29, 0.717) is 5.70 Å². The van der Waals surface area contributed by atoms with E-state index >= 15 is 0 Å². The number of rotatable bonds is 5. The van der Waals surface area contributed by atoms with E-state index in [1.54, 1.807) is 55.0 Å². The van der Waals surface area contributed by atoms with Gasteiger partial charge in [0.2, 0.25) is 9.84 Å². The van der Waals surface area contributed by atoms with Gasteiger partial charge in [-0.1, -0.05) is 24.3 Å². The highest BCUT2D eigenvalue weighted by Gasteiger charge is 2.30. The molecule has 0 saturated carbocycles. The number of nitrogens with zero attached hydrogens (tertiary/aromatic N) is 1. The summed E-state index contributed by atoms with van der Waals surface area (Å²) in [4.78, 5) is 11.9. The highest BCUT2D eigenvalue weighted by Crippen LogP contribution is 2.33. The van der Waals surface area contributed by atoms with Crippen molar-refractivity contribution in [1.29, 1.82) is 5.26 Å². The van der Waals surface area contributed by atoms with Crippen LogP contribution >= 0.6 is 11.8 Å². The molecule has 1 aromatic rings. The number of carbonyl (C=O) groups is 1. The van der Waals surface area contributed by atoms with E-state index in [0.717, 1.165) is 11.8 Å². The van der Waals surface area contributed by atoms with Gasteiger partial charge in [0, 0.05) is 6.20 Å². The maximum Gasteiger partial charge on any atom is 0.341 e. The SMILES string of the molecule is COC(=O)C(/C(SC)=C(\C#N)S(=O)(=O)c1ccccc1)=C1/C=CC=CN1. The second-order valence-electron chi connectivity index (χ2n) is 4.93. The molecule has 0 saturated heterocycles. The number of thioether (sulfide) groups is 1. The molecule has 1 aliphatic rings. The van der Waals surface area contributed by atoms with Gasteiger partial charge in [-0.05, 0) is 30.5 Å². The van der Waals surface area contributed by atoms with E-state index in [9.17, 15) is 18.5 Å². The fourth-order valence-electron chi connectivity index (χ4n) is 2.23. The van der Waals surface area contributed by atoms with Gasteiger partial charge in [-0.3, -0.25) is 0 Å². The summed E-state index contributed by atoms with van der Waals surface area (Å²) < 4.78 is 30.7. The summed E-state index contributed by atoms with van der Waals surface area (Å²) in [7, 11) is -2.91. The van der Waals surface area contributed by atoms with Gasteiger partial charge in [0.1, 0.15) is 6.07 Å². The molecule has 1 heterocycles. The fraction of sp³-hybridized carbons (Fsp3) is 0.111. The van der Waals surface area contributed by atoms with Crippen molar-refractivity contribution < 1.29 is 17.9 Å². The van der Waals surface area contributed by atoms with Gasteiger partial charge < -0.3 is 10.1 Å². The molecule has 0 aromatic heterocycles. The molecule has 6 nitrogen and oxygen atoms in total. The second kappa shape index (κ2) is 8.56. The number of methoxy groups -OCH3 is 1. The molecule has 26 heavy (non-hydrogen) atoms. The molecule has 0 fully saturated rings. The number of nitrogens with one attached hydrogen (secondary N) is 1. The van der Waals surface area contributed by atoms with Gasteiger partial charge >= 0.3 is 5.97 Å². The minimum absolute atomic E-state index is 0.0170. The molecule has 0 radical (unpaired) electrons. The molecular weight excluding hydrogens is 372 g/mol. The van der Waals surface area contributed by atoms with Crippen molar-refractivity contribution in [3.05, 3.63) is 75.8 Å². The largest absolute Gasteiger partial charge is 0.465 e. The second-order valence-corrected chi connectivity index (χ2v) is 7.64.